The average molecular weight is 281 g/mol. The van der Waals surface area contributed by atoms with Gasteiger partial charge in [0.15, 0.2) is 11.6 Å². The minimum absolute atomic E-state index is 0.0795. The molecular formula is C13H16FN3O3. The number of hydrogen-bond donors (Lipinski definition) is 2. The topological polar surface area (TPSA) is 78.7 Å². The number of rotatable bonds is 6. The Morgan fingerprint density at radius 2 is 1.90 bits per heavy atom. The second-order valence-corrected chi connectivity index (χ2v) is 4.14. The number of methoxy groups -OCH3 is 1. The van der Waals surface area contributed by atoms with Crippen molar-refractivity contribution < 1.29 is 19.3 Å². The molecule has 20 heavy (non-hydrogen) atoms. The monoisotopic (exact) mass is 281 g/mol. The van der Waals surface area contributed by atoms with Gasteiger partial charge in [0.05, 0.1) is 25.8 Å². The summed E-state index contributed by atoms with van der Waals surface area (Å²) in [6.07, 6.45) is 1.32. The lowest BCUT2D eigenvalue weighted by molar-refractivity contribution is 0.281. The van der Waals surface area contributed by atoms with Crippen LogP contribution in [0.15, 0.2) is 18.5 Å². The van der Waals surface area contributed by atoms with Crippen LogP contribution in [0.5, 0.6) is 5.75 Å². The Morgan fingerprint density at radius 1 is 1.20 bits per heavy atom. The maximum atomic E-state index is 13.7. The third kappa shape index (κ3) is 2.78. The molecule has 1 aromatic heterocycles. The Kier molecular flexibility index (Phi) is 4.65. The molecule has 2 aromatic rings. The summed E-state index contributed by atoms with van der Waals surface area (Å²) in [6.45, 7) is 0.465. The number of hydrogen-bond acceptors (Lipinski definition) is 6. The zero-order chi connectivity index (χ0) is 14.5. The van der Waals surface area contributed by atoms with Crippen LogP contribution in [0.25, 0.3) is 10.9 Å². The van der Waals surface area contributed by atoms with Gasteiger partial charge >= 0.3 is 0 Å². The van der Waals surface area contributed by atoms with Crippen molar-refractivity contribution in [3.63, 3.8) is 0 Å². The van der Waals surface area contributed by atoms with Crippen molar-refractivity contribution >= 4 is 16.7 Å². The zero-order valence-corrected chi connectivity index (χ0v) is 11.1. The van der Waals surface area contributed by atoms with Crippen molar-refractivity contribution in [3.05, 3.63) is 24.3 Å². The maximum absolute atomic E-state index is 13.7. The zero-order valence-electron chi connectivity index (χ0n) is 11.1. The largest absolute Gasteiger partial charge is 0.494 e. The fourth-order valence-electron chi connectivity index (χ4n) is 2.02. The summed E-state index contributed by atoms with van der Waals surface area (Å²) >= 11 is 0. The van der Waals surface area contributed by atoms with Crippen LogP contribution < -0.4 is 9.64 Å². The van der Waals surface area contributed by atoms with Gasteiger partial charge in [0.25, 0.3) is 0 Å². The van der Waals surface area contributed by atoms with Crippen LogP contribution in [-0.4, -0.2) is 53.6 Å². The van der Waals surface area contributed by atoms with E-state index in [0.29, 0.717) is 29.8 Å². The number of nitrogens with zero attached hydrogens (tertiary/aromatic N) is 3. The van der Waals surface area contributed by atoms with Crippen molar-refractivity contribution in [1.29, 1.82) is 0 Å². The number of aliphatic hydroxyl groups is 2. The van der Waals surface area contributed by atoms with Gasteiger partial charge < -0.3 is 19.8 Å². The molecule has 1 heterocycles. The van der Waals surface area contributed by atoms with Crippen LogP contribution in [0.2, 0.25) is 0 Å². The molecule has 0 aliphatic carbocycles. The Labute approximate surface area is 115 Å². The van der Waals surface area contributed by atoms with Crippen molar-refractivity contribution in [1.82, 2.24) is 9.97 Å². The molecule has 0 fully saturated rings. The van der Waals surface area contributed by atoms with Crippen molar-refractivity contribution in [2.75, 3.05) is 38.3 Å². The van der Waals surface area contributed by atoms with E-state index in [1.807, 2.05) is 0 Å². The third-order valence-corrected chi connectivity index (χ3v) is 2.93. The smallest absolute Gasteiger partial charge is 0.167 e. The van der Waals surface area contributed by atoms with E-state index in [0.717, 1.165) is 0 Å². The van der Waals surface area contributed by atoms with Crippen LogP contribution >= 0.6 is 0 Å². The normalized spacial score (nSPS) is 10.8. The summed E-state index contributed by atoms with van der Waals surface area (Å²) in [4.78, 5) is 9.90. The van der Waals surface area contributed by atoms with Gasteiger partial charge in [-0.25, -0.2) is 14.4 Å². The number of aromatic nitrogens is 2. The molecule has 1 aromatic carbocycles. The molecule has 0 saturated heterocycles. The van der Waals surface area contributed by atoms with Gasteiger partial charge in [-0.15, -0.1) is 0 Å². The lowest BCUT2D eigenvalue weighted by Gasteiger charge is -2.23. The van der Waals surface area contributed by atoms with Crippen molar-refractivity contribution in [3.8, 4) is 5.75 Å². The molecule has 6 nitrogen and oxygen atoms in total. The van der Waals surface area contributed by atoms with E-state index in [1.54, 1.807) is 4.90 Å². The molecule has 0 spiro atoms. The minimum atomic E-state index is -0.500. The van der Waals surface area contributed by atoms with Crippen molar-refractivity contribution in [2.24, 2.45) is 0 Å². The highest BCUT2D eigenvalue weighted by Crippen LogP contribution is 2.29. The Balaban J connectivity index is 2.56. The van der Waals surface area contributed by atoms with Gasteiger partial charge in [0, 0.05) is 24.5 Å². The van der Waals surface area contributed by atoms with Crippen LogP contribution in [0.3, 0.4) is 0 Å². The van der Waals surface area contributed by atoms with Gasteiger partial charge in [-0.1, -0.05) is 0 Å². The predicted octanol–water partition coefficient (Wildman–Crippen LogP) is 0.568. The molecule has 7 heteroatoms. The summed E-state index contributed by atoms with van der Waals surface area (Å²) < 4.78 is 18.6. The van der Waals surface area contributed by atoms with Crippen LogP contribution in [0.4, 0.5) is 10.2 Å². The predicted molar refractivity (Wildman–Crippen MR) is 72.4 cm³/mol. The van der Waals surface area contributed by atoms with E-state index in [9.17, 15) is 4.39 Å². The first-order valence-corrected chi connectivity index (χ1v) is 6.16. The van der Waals surface area contributed by atoms with E-state index >= 15 is 0 Å². The fourth-order valence-corrected chi connectivity index (χ4v) is 2.02. The average Bonchev–Trinajstić information content (AvgIpc) is 2.45. The number of benzene rings is 1. The lowest BCUT2D eigenvalue weighted by Crippen LogP contribution is -2.30. The van der Waals surface area contributed by atoms with Crippen LogP contribution in [0, 0.1) is 5.82 Å². The third-order valence-electron chi connectivity index (χ3n) is 2.93. The second kappa shape index (κ2) is 6.44. The van der Waals surface area contributed by atoms with Crippen LogP contribution in [0.1, 0.15) is 0 Å². The molecule has 0 unspecified atom stereocenters. The van der Waals surface area contributed by atoms with E-state index in [4.69, 9.17) is 14.9 Å². The Bertz CT molecular complexity index is 588. The highest BCUT2D eigenvalue weighted by atomic mass is 19.1. The van der Waals surface area contributed by atoms with Gasteiger partial charge in [0.1, 0.15) is 12.1 Å². The highest BCUT2D eigenvalue weighted by molar-refractivity contribution is 5.90. The SMILES string of the molecule is COc1cc2c(N(CCO)CCO)ncnc2cc1F. The lowest BCUT2D eigenvalue weighted by atomic mass is 10.2. The van der Waals surface area contributed by atoms with E-state index in [1.165, 1.54) is 25.6 Å². The molecule has 0 aliphatic rings. The molecule has 0 saturated carbocycles. The Morgan fingerprint density at radius 3 is 2.50 bits per heavy atom. The van der Waals surface area contributed by atoms with E-state index in [-0.39, 0.29) is 19.0 Å². The number of fused-ring (bicyclic) bond motifs is 1. The molecule has 108 valence electrons. The van der Waals surface area contributed by atoms with Gasteiger partial charge in [0.2, 0.25) is 0 Å². The van der Waals surface area contributed by atoms with E-state index < -0.39 is 5.82 Å². The number of halogens is 1. The number of ether oxygens (including phenoxy) is 1. The molecule has 0 atom stereocenters. The maximum Gasteiger partial charge on any atom is 0.167 e. The number of anilines is 1. The molecule has 0 bridgehead atoms. The molecule has 0 radical (unpaired) electrons. The fraction of sp³-hybridized carbons (Fsp3) is 0.385. The summed E-state index contributed by atoms with van der Waals surface area (Å²) in [5.41, 5.74) is 0.439. The molecule has 0 aliphatic heterocycles. The van der Waals surface area contributed by atoms with E-state index in [2.05, 4.69) is 9.97 Å². The molecule has 2 N–H and O–H groups in total. The second-order valence-electron chi connectivity index (χ2n) is 4.14. The molecule has 2 rings (SSSR count). The molecular weight excluding hydrogens is 265 g/mol. The summed E-state index contributed by atoms with van der Waals surface area (Å²) in [7, 11) is 1.38. The summed E-state index contributed by atoms with van der Waals surface area (Å²) in [5.74, 6) is 0.124. The first-order chi connectivity index (χ1) is 9.71. The van der Waals surface area contributed by atoms with Gasteiger partial charge in [-0.05, 0) is 6.07 Å². The first kappa shape index (κ1) is 14.4. The number of aliphatic hydroxyl groups excluding tert-OH is 2. The quantitative estimate of drug-likeness (QED) is 0.806. The summed E-state index contributed by atoms with van der Waals surface area (Å²) in [5, 5.41) is 18.8. The first-order valence-electron chi connectivity index (χ1n) is 6.16. The Hall–Kier alpha value is -1.99. The van der Waals surface area contributed by atoms with Gasteiger partial charge in [-0.2, -0.15) is 0 Å². The highest BCUT2D eigenvalue weighted by Gasteiger charge is 2.14. The molecule has 0 amide bonds. The van der Waals surface area contributed by atoms with Gasteiger partial charge in [-0.3, -0.25) is 0 Å². The van der Waals surface area contributed by atoms with Crippen LogP contribution in [-0.2, 0) is 0 Å². The minimum Gasteiger partial charge on any atom is -0.494 e. The van der Waals surface area contributed by atoms with Crippen molar-refractivity contribution in [2.45, 2.75) is 0 Å². The standard InChI is InChI=1S/C13H16FN3O3/c1-20-12-6-9-11(7-10(12)14)15-8-16-13(9)17(2-4-18)3-5-19/h6-8,18-19H,2-5H2,1H3. The summed E-state index contributed by atoms with van der Waals surface area (Å²) in [6, 6.07) is 2.79.